The molecule has 0 bridgehead atoms. The lowest BCUT2D eigenvalue weighted by molar-refractivity contribution is -0.119. The molecular formula is C13H18BrFN2O2. The van der Waals surface area contributed by atoms with Crippen LogP contribution < -0.4 is 10.6 Å². The highest BCUT2D eigenvalue weighted by Crippen LogP contribution is 2.23. The first-order chi connectivity index (χ1) is 9.04. The number of aryl methyl sites for hydroxylation is 1. The first-order valence-electron chi connectivity index (χ1n) is 5.99. The molecule has 0 saturated heterocycles. The Bertz CT molecular complexity index is 441. The SMILES string of the molecule is COCCCNC(=O)CNc1cc(Br)c(F)cc1C. The van der Waals surface area contributed by atoms with Gasteiger partial charge in [-0.3, -0.25) is 4.79 Å². The molecule has 0 heterocycles. The zero-order valence-electron chi connectivity index (χ0n) is 11.1. The predicted molar refractivity (Wildman–Crippen MR) is 76.8 cm³/mol. The minimum absolute atomic E-state index is 0.101. The predicted octanol–water partition coefficient (Wildman–Crippen LogP) is 2.46. The highest BCUT2D eigenvalue weighted by molar-refractivity contribution is 9.10. The van der Waals surface area contributed by atoms with Crippen molar-refractivity contribution in [3.05, 3.63) is 28.0 Å². The Morgan fingerprint density at radius 2 is 2.21 bits per heavy atom. The van der Waals surface area contributed by atoms with Gasteiger partial charge >= 0.3 is 0 Å². The molecule has 0 radical (unpaired) electrons. The van der Waals surface area contributed by atoms with Crippen LogP contribution in [0.5, 0.6) is 0 Å². The maximum absolute atomic E-state index is 13.2. The summed E-state index contributed by atoms with van der Waals surface area (Å²) in [5, 5.41) is 5.75. The molecule has 19 heavy (non-hydrogen) atoms. The van der Waals surface area contributed by atoms with Crippen molar-refractivity contribution in [2.45, 2.75) is 13.3 Å². The maximum Gasteiger partial charge on any atom is 0.239 e. The second kappa shape index (κ2) is 8.12. The molecule has 1 amide bonds. The molecule has 0 aromatic heterocycles. The Labute approximate surface area is 120 Å². The van der Waals surface area contributed by atoms with Crippen LogP contribution in [0.25, 0.3) is 0 Å². The summed E-state index contributed by atoms with van der Waals surface area (Å²) in [6.45, 7) is 3.15. The van der Waals surface area contributed by atoms with E-state index in [9.17, 15) is 9.18 Å². The molecule has 1 rings (SSSR count). The topological polar surface area (TPSA) is 50.4 Å². The number of benzene rings is 1. The van der Waals surface area contributed by atoms with Gasteiger partial charge in [-0.2, -0.15) is 0 Å². The number of carbonyl (C=O) groups excluding carboxylic acids is 1. The number of hydrogen-bond donors (Lipinski definition) is 2. The molecular weight excluding hydrogens is 315 g/mol. The standard InChI is InChI=1S/C13H18BrFN2O2/c1-9-6-11(15)10(14)7-12(9)17-8-13(18)16-4-3-5-19-2/h6-7,17H,3-5,8H2,1-2H3,(H,16,18). The fraction of sp³-hybridized carbons (Fsp3) is 0.462. The molecule has 0 aliphatic carbocycles. The number of ether oxygens (including phenoxy) is 1. The average molecular weight is 333 g/mol. The fourth-order valence-corrected chi connectivity index (χ4v) is 1.86. The van der Waals surface area contributed by atoms with Crippen LogP contribution >= 0.6 is 15.9 Å². The van der Waals surface area contributed by atoms with Crippen LogP contribution in [0.1, 0.15) is 12.0 Å². The Morgan fingerprint density at radius 3 is 2.89 bits per heavy atom. The molecule has 0 unspecified atom stereocenters. The summed E-state index contributed by atoms with van der Waals surface area (Å²) in [6, 6.07) is 3.05. The van der Waals surface area contributed by atoms with E-state index >= 15 is 0 Å². The van der Waals surface area contributed by atoms with E-state index < -0.39 is 0 Å². The van der Waals surface area contributed by atoms with Gasteiger partial charge in [-0.1, -0.05) is 0 Å². The van der Waals surface area contributed by atoms with Crippen LogP contribution in [0, 0.1) is 12.7 Å². The molecule has 106 valence electrons. The van der Waals surface area contributed by atoms with Gasteiger partial charge in [-0.15, -0.1) is 0 Å². The van der Waals surface area contributed by atoms with Crippen LogP contribution in [0.15, 0.2) is 16.6 Å². The Morgan fingerprint density at radius 1 is 1.47 bits per heavy atom. The van der Waals surface area contributed by atoms with Crippen LogP contribution in [-0.2, 0) is 9.53 Å². The van der Waals surface area contributed by atoms with Crippen molar-refractivity contribution in [2.24, 2.45) is 0 Å². The highest BCUT2D eigenvalue weighted by atomic mass is 79.9. The van der Waals surface area contributed by atoms with E-state index in [2.05, 4.69) is 26.6 Å². The second-order valence-electron chi connectivity index (χ2n) is 4.13. The molecule has 4 nitrogen and oxygen atoms in total. The second-order valence-corrected chi connectivity index (χ2v) is 4.99. The van der Waals surface area contributed by atoms with E-state index in [1.807, 2.05) is 0 Å². The molecule has 0 aliphatic heterocycles. The van der Waals surface area contributed by atoms with Crippen molar-refractivity contribution >= 4 is 27.5 Å². The third-order valence-corrected chi connectivity index (χ3v) is 3.16. The summed E-state index contributed by atoms with van der Waals surface area (Å²) in [5.41, 5.74) is 1.49. The van der Waals surface area contributed by atoms with E-state index in [4.69, 9.17) is 4.74 Å². The lowest BCUT2D eigenvalue weighted by Gasteiger charge is -2.11. The number of anilines is 1. The largest absolute Gasteiger partial charge is 0.385 e. The average Bonchev–Trinajstić information content (AvgIpc) is 2.37. The van der Waals surface area contributed by atoms with Crippen LogP contribution in [0.2, 0.25) is 0 Å². The number of halogens is 2. The first kappa shape index (κ1) is 15.9. The molecule has 1 aromatic rings. The molecule has 0 atom stereocenters. The number of carbonyl (C=O) groups is 1. The van der Waals surface area contributed by atoms with Crippen molar-refractivity contribution in [1.82, 2.24) is 5.32 Å². The number of methoxy groups -OCH3 is 1. The summed E-state index contributed by atoms with van der Waals surface area (Å²) in [5.74, 6) is -0.414. The van der Waals surface area contributed by atoms with Gasteiger partial charge in [0, 0.05) is 25.9 Å². The van der Waals surface area contributed by atoms with Gasteiger partial charge in [-0.25, -0.2) is 4.39 Å². The van der Waals surface area contributed by atoms with Crippen LogP contribution in [0.3, 0.4) is 0 Å². The fourth-order valence-electron chi connectivity index (χ4n) is 1.52. The summed E-state index contributed by atoms with van der Waals surface area (Å²) in [7, 11) is 1.62. The minimum Gasteiger partial charge on any atom is -0.385 e. The molecule has 0 fully saturated rings. The summed E-state index contributed by atoms with van der Waals surface area (Å²) < 4.78 is 18.5. The van der Waals surface area contributed by atoms with Crippen molar-refractivity contribution < 1.29 is 13.9 Å². The third-order valence-electron chi connectivity index (χ3n) is 2.55. The summed E-state index contributed by atoms with van der Waals surface area (Å²) in [4.78, 5) is 11.5. The highest BCUT2D eigenvalue weighted by Gasteiger charge is 2.06. The van der Waals surface area contributed by atoms with Gasteiger partial charge in [-0.05, 0) is 47.0 Å². The van der Waals surface area contributed by atoms with Gasteiger partial charge < -0.3 is 15.4 Å². The number of rotatable bonds is 7. The van der Waals surface area contributed by atoms with Gasteiger partial charge in [0.05, 0.1) is 11.0 Å². The Kier molecular flexibility index (Phi) is 6.80. The van der Waals surface area contributed by atoms with Gasteiger partial charge in [0.1, 0.15) is 5.82 Å². The maximum atomic E-state index is 13.2. The van der Waals surface area contributed by atoms with Gasteiger partial charge in [0.15, 0.2) is 0 Å². The number of nitrogens with one attached hydrogen (secondary N) is 2. The van der Waals surface area contributed by atoms with Crippen LogP contribution in [0.4, 0.5) is 10.1 Å². The number of amides is 1. The minimum atomic E-state index is -0.313. The quantitative estimate of drug-likeness (QED) is 0.754. The molecule has 0 spiro atoms. The molecule has 1 aromatic carbocycles. The molecule has 2 N–H and O–H groups in total. The van der Waals surface area contributed by atoms with Gasteiger partial charge in [0.2, 0.25) is 5.91 Å². The monoisotopic (exact) mass is 332 g/mol. The Hall–Kier alpha value is -1.14. The van der Waals surface area contributed by atoms with E-state index in [1.54, 1.807) is 20.1 Å². The van der Waals surface area contributed by atoms with Crippen molar-refractivity contribution in [3.63, 3.8) is 0 Å². The summed E-state index contributed by atoms with van der Waals surface area (Å²) in [6.07, 6.45) is 0.781. The summed E-state index contributed by atoms with van der Waals surface area (Å²) >= 11 is 3.12. The third kappa shape index (κ3) is 5.57. The van der Waals surface area contributed by atoms with Crippen molar-refractivity contribution in [1.29, 1.82) is 0 Å². The molecule has 0 saturated carbocycles. The van der Waals surface area contributed by atoms with Crippen LogP contribution in [-0.4, -0.2) is 32.7 Å². The Balaban J connectivity index is 2.40. The van der Waals surface area contributed by atoms with E-state index in [0.29, 0.717) is 17.6 Å². The molecule has 0 aliphatic rings. The normalized spacial score (nSPS) is 10.3. The van der Waals surface area contributed by atoms with Crippen molar-refractivity contribution in [2.75, 3.05) is 32.1 Å². The van der Waals surface area contributed by atoms with Crippen molar-refractivity contribution in [3.8, 4) is 0 Å². The van der Waals surface area contributed by atoms with E-state index in [0.717, 1.165) is 17.7 Å². The molecule has 6 heteroatoms. The first-order valence-corrected chi connectivity index (χ1v) is 6.79. The lowest BCUT2D eigenvalue weighted by atomic mass is 10.2. The lowest BCUT2D eigenvalue weighted by Crippen LogP contribution is -2.31. The zero-order valence-corrected chi connectivity index (χ0v) is 12.6. The van der Waals surface area contributed by atoms with E-state index in [1.165, 1.54) is 6.07 Å². The van der Waals surface area contributed by atoms with Gasteiger partial charge in [0.25, 0.3) is 0 Å². The smallest absolute Gasteiger partial charge is 0.239 e. The van der Waals surface area contributed by atoms with E-state index in [-0.39, 0.29) is 18.3 Å². The number of hydrogen-bond acceptors (Lipinski definition) is 3. The zero-order chi connectivity index (χ0) is 14.3.